The summed E-state index contributed by atoms with van der Waals surface area (Å²) in [6.07, 6.45) is 3.39. The number of nitrogens with zero attached hydrogens (tertiary/aromatic N) is 10. The molecule has 2 aromatic heterocycles. The van der Waals surface area contributed by atoms with E-state index in [1.807, 2.05) is 30.3 Å². The first-order valence-corrected chi connectivity index (χ1v) is 15.2. The lowest BCUT2D eigenvalue weighted by molar-refractivity contribution is -0.385. The molecule has 0 saturated carbocycles. The number of nitro benzene ring substituents is 2. The Morgan fingerprint density at radius 3 is 1.69 bits per heavy atom. The van der Waals surface area contributed by atoms with E-state index < -0.39 is 15.9 Å². The van der Waals surface area contributed by atoms with E-state index in [-0.39, 0.29) is 36.3 Å². The molecule has 5 aromatic rings. The predicted octanol–water partition coefficient (Wildman–Crippen LogP) is 4.82. The van der Waals surface area contributed by atoms with Gasteiger partial charge in [-0.1, -0.05) is 65.0 Å². The van der Waals surface area contributed by atoms with Gasteiger partial charge in [0.1, 0.15) is 11.4 Å². The summed E-state index contributed by atoms with van der Waals surface area (Å²) in [5, 5.41) is 39.0. The summed E-state index contributed by atoms with van der Waals surface area (Å²) in [6.45, 7) is 3.90. The number of benzene rings is 3. The number of nitro groups is 2. The number of carbonyl (C=O) groups excluding carboxylic acids is 2. The third kappa shape index (κ3) is 7.07. The average molecular weight is 663 g/mol. The highest BCUT2D eigenvalue weighted by atomic mass is 16.6. The van der Waals surface area contributed by atoms with E-state index in [0.717, 1.165) is 16.7 Å². The van der Waals surface area contributed by atoms with Crippen molar-refractivity contribution in [3.8, 4) is 0 Å². The summed E-state index contributed by atoms with van der Waals surface area (Å²) in [5.74, 6) is -0.197. The Hall–Kier alpha value is -6.58. The van der Waals surface area contributed by atoms with Crippen LogP contribution in [0.5, 0.6) is 0 Å². The van der Waals surface area contributed by atoms with Crippen molar-refractivity contribution in [2.45, 2.75) is 46.1 Å². The molecule has 0 N–H and O–H groups in total. The van der Waals surface area contributed by atoms with Crippen LogP contribution in [-0.4, -0.2) is 61.4 Å². The van der Waals surface area contributed by atoms with Crippen LogP contribution in [0.15, 0.2) is 103 Å². The van der Waals surface area contributed by atoms with Crippen molar-refractivity contribution in [2.75, 3.05) is 0 Å². The number of aromatic nitrogens is 6. The van der Waals surface area contributed by atoms with Gasteiger partial charge in [-0.05, 0) is 30.5 Å². The fourth-order valence-electron chi connectivity index (χ4n) is 5.82. The molecule has 1 atom stereocenters. The molecular formula is C33H30N10O6. The number of hydrogen-bond acceptors (Lipinski definition) is 10. The molecule has 1 aliphatic heterocycles. The molecule has 16 nitrogen and oxygen atoms in total. The quantitative estimate of drug-likeness (QED) is 0.132. The molecule has 3 heterocycles. The van der Waals surface area contributed by atoms with Gasteiger partial charge >= 0.3 is 6.03 Å². The largest absolute Gasteiger partial charge is 0.325 e. The number of amides is 2. The zero-order valence-corrected chi connectivity index (χ0v) is 26.5. The molecule has 3 aromatic carbocycles. The second-order valence-corrected chi connectivity index (χ2v) is 11.5. The summed E-state index contributed by atoms with van der Waals surface area (Å²) in [7, 11) is 0. The van der Waals surface area contributed by atoms with Crippen LogP contribution in [0.25, 0.3) is 0 Å². The van der Waals surface area contributed by atoms with E-state index in [4.69, 9.17) is 0 Å². The predicted molar refractivity (Wildman–Crippen MR) is 173 cm³/mol. The summed E-state index contributed by atoms with van der Waals surface area (Å²) in [6, 6.07) is 20.5. The summed E-state index contributed by atoms with van der Waals surface area (Å²) in [4.78, 5) is 51.8. The van der Waals surface area contributed by atoms with Crippen LogP contribution in [0.3, 0.4) is 0 Å². The second kappa shape index (κ2) is 13.6. The lowest BCUT2D eigenvalue weighted by Crippen LogP contribution is -2.49. The molecule has 0 fully saturated rings. The van der Waals surface area contributed by atoms with Gasteiger partial charge in [0.25, 0.3) is 11.4 Å². The number of non-ortho nitro benzene ring substituents is 2. The summed E-state index contributed by atoms with van der Waals surface area (Å²) >= 11 is 0. The van der Waals surface area contributed by atoms with Crippen molar-refractivity contribution >= 4 is 23.2 Å². The van der Waals surface area contributed by atoms with Crippen LogP contribution >= 0.6 is 0 Å². The zero-order valence-electron chi connectivity index (χ0n) is 26.5. The average Bonchev–Trinajstić information content (AvgIpc) is 3.73. The molecule has 16 heteroatoms. The van der Waals surface area contributed by atoms with Crippen LogP contribution in [-0.2, 0) is 31.0 Å². The van der Waals surface area contributed by atoms with Crippen LogP contribution in [0.1, 0.15) is 48.0 Å². The van der Waals surface area contributed by atoms with Gasteiger partial charge in [0.2, 0.25) is 0 Å². The SMILES string of the molecule is CC(=O)C1=C(C)N(Cc2cn(Cc3ccc([N+](=O)[O-])cc3)nn2)C(=O)N(Cc2cn(Cc3ccc([N+](=O)[O-])cc3)nn2)C1c1ccccc1. The minimum absolute atomic E-state index is 0.0134. The smallest absolute Gasteiger partial charge is 0.307 e. The van der Waals surface area contributed by atoms with E-state index in [9.17, 15) is 29.8 Å². The van der Waals surface area contributed by atoms with Crippen LogP contribution in [0, 0.1) is 20.2 Å². The molecule has 0 aliphatic carbocycles. The molecule has 0 saturated heterocycles. The van der Waals surface area contributed by atoms with E-state index in [2.05, 4.69) is 20.6 Å². The monoisotopic (exact) mass is 662 g/mol. The Balaban J connectivity index is 1.27. The van der Waals surface area contributed by atoms with Crippen LogP contribution in [0.2, 0.25) is 0 Å². The standard InChI is InChI=1S/C33H30N10O6/c1-22-31(23(2)44)32(26-6-4-3-5-7-26)41(21-28-19-39(37-35-28)17-25-10-14-30(15-11-25)43(48)49)33(45)40(22)20-27-18-38(36-34-27)16-24-8-12-29(13-9-24)42(46)47/h3-15,18-19,32H,16-17,20-21H2,1-2H3. The van der Waals surface area contributed by atoms with Gasteiger partial charge in [0.15, 0.2) is 5.78 Å². The zero-order chi connectivity index (χ0) is 34.7. The minimum Gasteiger partial charge on any atom is -0.307 e. The number of urea groups is 1. The van der Waals surface area contributed by atoms with Crippen LogP contribution < -0.4 is 0 Å². The molecule has 1 aliphatic rings. The highest BCUT2D eigenvalue weighted by molar-refractivity contribution is 5.98. The maximum atomic E-state index is 14.4. The highest BCUT2D eigenvalue weighted by Gasteiger charge is 2.41. The third-order valence-electron chi connectivity index (χ3n) is 8.16. The fraction of sp³-hybridized carbons (Fsp3) is 0.212. The number of allylic oxidation sites excluding steroid dienone is 1. The van der Waals surface area contributed by atoms with Gasteiger partial charge in [0.05, 0.1) is 54.5 Å². The first kappa shape index (κ1) is 32.4. The van der Waals surface area contributed by atoms with Crippen molar-refractivity contribution in [3.63, 3.8) is 0 Å². The lowest BCUT2D eigenvalue weighted by Gasteiger charge is -2.42. The molecule has 0 bridgehead atoms. The van der Waals surface area contributed by atoms with E-state index >= 15 is 0 Å². The van der Waals surface area contributed by atoms with Crippen molar-refractivity contribution in [2.24, 2.45) is 0 Å². The molecule has 2 amide bonds. The number of Topliss-reactive ketones (excluding diaryl/α,β-unsaturated/α-hetero) is 1. The van der Waals surface area contributed by atoms with Crippen molar-refractivity contribution < 1.29 is 19.4 Å². The first-order valence-electron chi connectivity index (χ1n) is 15.2. The van der Waals surface area contributed by atoms with E-state index in [0.29, 0.717) is 35.7 Å². The normalized spacial score (nSPS) is 14.7. The topological polar surface area (TPSA) is 188 Å². The number of hydrogen-bond donors (Lipinski definition) is 0. The Bertz CT molecular complexity index is 2060. The van der Waals surface area contributed by atoms with Gasteiger partial charge in [-0.2, -0.15) is 0 Å². The molecule has 0 radical (unpaired) electrons. The van der Waals surface area contributed by atoms with Crippen molar-refractivity contribution in [1.82, 2.24) is 39.8 Å². The van der Waals surface area contributed by atoms with E-state index in [1.54, 1.807) is 57.8 Å². The van der Waals surface area contributed by atoms with Gasteiger partial charge in [0, 0.05) is 35.5 Å². The first-order chi connectivity index (χ1) is 23.6. The Morgan fingerprint density at radius 2 is 1.22 bits per heavy atom. The fourth-order valence-corrected chi connectivity index (χ4v) is 5.82. The van der Waals surface area contributed by atoms with Gasteiger partial charge < -0.3 is 4.90 Å². The van der Waals surface area contributed by atoms with Crippen molar-refractivity contribution in [3.05, 3.63) is 151 Å². The summed E-state index contributed by atoms with van der Waals surface area (Å²) < 4.78 is 3.15. The summed E-state index contributed by atoms with van der Waals surface area (Å²) in [5.41, 5.74) is 4.19. The highest BCUT2D eigenvalue weighted by Crippen LogP contribution is 2.39. The van der Waals surface area contributed by atoms with Gasteiger partial charge in [-0.3, -0.25) is 29.9 Å². The number of carbonyl (C=O) groups is 2. The van der Waals surface area contributed by atoms with Crippen LogP contribution in [0.4, 0.5) is 16.2 Å². The third-order valence-corrected chi connectivity index (χ3v) is 8.16. The molecule has 6 rings (SSSR count). The maximum absolute atomic E-state index is 14.4. The Morgan fingerprint density at radius 1 is 0.735 bits per heavy atom. The molecule has 0 spiro atoms. The Kier molecular flexibility index (Phi) is 9.01. The lowest BCUT2D eigenvalue weighted by atomic mass is 9.90. The number of rotatable bonds is 12. The molecular weight excluding hydrogens is 632 g/mol. The van der Waals surface area contributed by atoms with E-state index in [1.165, 1.54) is 36.1 Å². The molecule has 49 heavy (non-hydrogen) atoms. The molecule has 1 unspecified atom stereocenters. The van der Waals surface area contributed by atoms with Crippen molar-refractivity contribution in [1.29, 1.82) is 0 Å². The number of ketones is 1. The van der Waals surface area contributed by atoms with Gasteiger partial charge in [-0.15, -0.1) is 10.2 Å². The Labute approximate surface area is 279 Å². The molecule has 248 valence electrons. The maximum Gasteiger partial charge on any atom is 0.325 e. The second-order valence-electron chi connectivity index (χ2n) is 11.5. The van der Waals surface area contributed by atoms with Gasteiger partial charge in [-0.25, -0.2) is 14.2 Å². The minimum atomic E-state index is -0.694.